The predicted molar refractivity (Wildman–Crippen MR) is 77.6 cm³/mol. The van der Waals surface area contributed by atoms with E-state index in [0.717, 1.165) is 11.1 Å². The molecule has 0 saturated carbocycles. The van der Waals surface area contributed by atoms with E-state index in [-0.39, 0.29) is 10.3 Å². The van der Waals surface area contributed by atoms with E-state index in [9.17, 15) is 0 Å². The lowest BCUT2D eigenvalue weighted by Crippen LogP contribution is -1.95. The summed E-state index contributed by atoms with van der Waals surface area (Å²) in [7, 11) is 0. The van der Waals surface area contributed by atoms with Gasteiger partial charge in [-0.25, -0.2) is 9.97 Å². The van der Waals surface area contributed by atoms with E-state index in [1.54, 1.807) is 0 Å². The van der Waals surface area contributed by atoms with Crippen molar-refractivity contribution in [1.29, 1.82) is 0 Å². The molecular weight excluding hydrogens is 297 g/mol. The van der Waals surface area contributed by atoms with Gasteiger partial charge in [-0.2, -0.15) is 15.4 Å². The maximum absolute atomic E-state index is 6.23. The first-order valence-electron chi connectivity index (χ1n) is 5.81. The summed E-state index contributed by atoms with van der Waals surface area (Å²) in [5, 5.41) is 10.7. The summed E-state index contributed by atoms with van der Waals surface area (Å²) in [6.45, 7) is 2.01. The number of aryl methyl sites for hydroxylation is 1. The van der Waals surface area contributed by atoms with Crippen molar-refractivity contribution in [2.24, 2.45) is 0 Å². The molecule has 0 aliphatic heterocycles. The third-order valence-electron chi connectivity index (χ3n) is 2.81. The normalized spacial score (nSPS) is 10.8. The van der Waals surface area contributed by atoms with E-state index in [2.05, 4.69) is 25.4 Å². The topological polar surface area (TPSA) is 67.3 Å². The fourth-order valence-electron chi connectivity index (χ4n) is 1.79. The standard InChI is InChI=1S/C13H9Cl2N5/c1-7-2-4-8(5-3-7)10-11(14)17-13(18-12(10)15)9-6-16-20-19-9/h2-6H,1H3,(H,16,19,20). The van der Waals surface area contributed by atoms with Crippen molar-refractivity contribution in [3.05, 3.63) is 46.3 Å². The lowest BCUT2D eigenvalue weighted by atomic mass is 10.1. The first-order chi connectivity index (χ1) is 9.65. The molecule has 3 rings (SSSR count). The number of H-pyrrole nitrogens is 1. The van der Waals surface area contributed by atoms with Crippen molar-refractivity contribution in [3.8, 4) is 22.6 Å². The molecule has 0 spiro atoms. The highest BCUT2D eigenvalue weighted by Gasteiger charge is 2.15. The molecule has 0 radical (unpaired) electrons. The van der Waals surface area contributed by atoms with Gasteiger partial charge in [0.05, 0.1) is 11.8 Å². The summed E-state index contributed by atoms with van der Waals surface area (Å²) >= 11 is 12.5. The lowest BCUT2D eigenvalue weighted by molar-refractivity contribution is 0.938. The number of halogens is 2. The van der Waals surface area contributed by atoms with Gasteiger partial charge in [-0.3, -0.25) is 0 Å². The third kappa shape index (κ3) is 2.37. The number of nitrogens with zero attached hydrogens (tertiary/aromatic N) is 4. The smallest absolute Gasteiger partial charge is 0.184 e. The molecule has 0 amide bonds. The van der Waals surface area contributed by atoms with Crippen LogP contribution in [0.2, 0.25) is 10.3 Å². The van der Waals surface area contributed by atoms with Gasteiger partial charge in [0.25, 0.3) is 0 Å². The average Bonchev–Trinajstić information content (AvgIpc) is 2.94. The van der Waals surface area contributed by atoms with Crippen LogP contribution in [0.1, 0.15) is 5.56 Å². The molecule has 2 heterocycles. The Labute approximate surface area is 125 Å². The minimum Gasteiger partial charge on any atom is -0.214 e. The molecule has 5 nitrogen and oxygen atoms in total. The summed E-state index contributed by atoms with van der Waals surface area (Å²) in [5.41, 5.74) is 3.13. The van der Waals surface area contributed by atoms with Gasteiger partial charge in [0, 0.05) is 0 Å². The SMILES string of the molecule is Cc1ccc(-c2c(Cl)nc(-c3cn[nH]n3)nc2Cl)cc1. The van der Waals surface area contributed by atoms with Crippen molar-refractivity contribution in [2.45, 2.75) is 6.92 Å². The van der Waals surface area contributed by atoms with Gasteiger partial charge in [-0.15, -0.1) is 0 Å². The molecule has 20 heavy (non-hydrogen) atoms. The largest absolute Gasteiger partial charge is 0.214 e. The van der Waals surface area contributed by atoms with Crippen LogP contribution in [0.25, 0.3) is 22.6 Å². The van der Waals surface area contributed by atoms with Crippen molar-refractivity contribution in [2.75, 3.05) is 0 Å². The molecule has 2 aromatic heterocycles. The Balaban J connectivity index is 2.11. The first kappa shape index (κ1) is 13.0. The summed E-state index contributed by atoms with van der Waals surface area (Å²) in [6, 6.07) is 7.82. The van der Waals surface area contributed by atoms with E-state index in [1.165, 1.54) is 6.20 Å². The molecule has 0 bridgehead atoms. The van der Waals surface area contributed by atoms with Gasteiger partial charge >= 0.3 is 0 Å². The van der Waals surface area contributed by atoms with E-state index >= 15 is 0 Å². The van der Waals surface area contributed by atoms with Crippen LogP contribution >= 0.6 is 23.2 Å². The maximum atomic E-state index is 6.23. The molecule has 3 aromatic rings. The summed E-state index contributed by atoms with van der Waals surface area (Å²) in [5.74, 6) is 0.338. The molecule has 100 valence electrons. The zero-order valence-electron chi connectivity index (χ0n) is 10.4. The molecule has 0 unspecified atom stereocenters. The fourth-order valence-corrected chi connectivity index (χ4v) is 2.40. The van der Waals surface area contributed by atoms with Crippen molar-refractivity contribution in [3.63, 3.8) is 0 Å². The number of nitrogens with one attached hydrogen (secondary N) is 1. The second-order valence-electron chi connectivity index (χ2n) is 4.23. The van der Waals surface area contributed by atoms with Gasteiger partial charge in [0.2, 0.25) is 0 Å². The average molecular weight is 306 g/mol. The number of hydrogen-bond donors (Lipinski definition) is 1. The van der Waals surface area contributed by atoms with Gasteiger partial charge < -0.3 is 0 Å². The Morgan fingerprint density at radius 3 is 2.20 bits per heavy atom. The van der Waals surface area contributed by atoms with Crippen LogP contribution in [0.15, 0.2) is 30.5 Å². The van der Waals surface area contributed by atoms with Crippen LogP contribution in [-0.2, 0) is 0 Å². The molecule has 0 aliphatic carbocycles. The Morgan fingerprint density at radius 2 is 1.65 bits per heavy atom. The van der Waals surface area contributed by atoms with Crippen LogP contribution in [0.3, 0.4) is 0 Å². The molecule has 1 aromatic carbocycles. The predicted octanol–water partition coefficient (Wildman–Crippen LogP) is 3.54. The van der Waals surface area contributed by atoms with Crippen molar-refractivity contribution in [1.82, 2.24) is 25.4 Å². The number of benzene rings is 1. The summed E-state index contributed by atoms with van der Waals surface area (Å²) in [6.07, 6.45) is 1.51. The number of aromatic amines is 1. The molecule has 0 fully saturated rings. The molecule has 0 atom stereocenters. The van der Waals surface area contributed by atoms with Crippen LogP contribution in [0, 0.1) is 6.92 Å². The monoisotopic (exact) mass is 305 g/mol. The van der Waals surface area contributed by atoms with Gasteiger partial charge in [-0.05, 0) is 12.5 Å². The quantitative estimate of drug-likeness (QED) is 0.735. The Bertz CT molecular complexity index is 715. The lowest BCUT2D eigenvalue weighted by Gasteiger charge is -2.07. The highest BCUT2D eigenvalue weighted by molar-refractivity contribution is 6.37. The molecule has 1 N–H and O–H groups in total. The minimum atomic E-state index is 0.284. The summed E-state index contributed by atoms with van der Waals surface area (Å²) in [4.78, 5) is 8.45. The number of hydrogen-bond acceptors (Lipinski definition) is 4. The maximum Gasteiger partial charge on any atom is 0.184 e. The Morgan fingerprint density at radius 1 is 1.00 bits per heavy atom. The van der Waals surface area contributed by atoms with Crippen LogP contribution < -0.4 is 0 Å². The highest BCUT2D eigenvalue weighted by Crippen LogP contribution is 2.33. The second-order valence-corrected chi connectivity index (χ2v) is 4.94. The van der Waals surface area contributed by atoms with E-state index in [1.807, 2.05) is 31.2 Å². The van der Waals surface area contributed by atoms with E-state index in [4.69, 9.17) is 23.2 Å². The van der Waals surface area contributed by atoms with Gasteiger partial charge in [0.15, 0.2) is 5.82 Å². The third-order valence-corrected chi connectivity index (χ3v) is 3.35. The fraction of sp³-hybridized carbons (Fsp3) is 0.0769. The minimum absolute atomic E-state index is 0.284. The first-order valence-corrected chi connectivity index (χ1v) is 6.57. The molecular formula is C13H9Cl2N5. The molecule has 7 heteroatoms. The van der Waals surface area contributed by atoms with Crippen molar-refractivity contribution < 1.29 is 0 Å². The van der Waals surface area contributed by atoms with Gasteiger partial charge in [0.1, 0.15) is 16.0 Å². The molecule has 0 saturated heterocycles. The van der Waals surface area contributed by atoms with Gasteiger partial charge in [-0.1, -0.05) is 53.0 Å². The zero-order chi connectivity index (χ0) is 14.1. The number of rotatable bonds is 2. The van der Waals surface area contributed by atoms with E-state index in [0.29, 0.717) is 17.1 Å². The van der Waals surface area contributed by atoms with Crippen LogP contribution in [0.5, 0.6) is 0 Å². The second kappa shape index (κ2) is 5.19. The molecule has 0 aliphatic rings. The zero-order valence-corrected chi connectivity index (χ0v) is 11.9. The van der Waals surface area contributed by atoms with Crippen LogP contribution in [-0.4, -0.2) is 25.4 Å². The Kier molecular flexibility index (Phi) is 3.38. The highest BCUT2D eigenvalue weighted by atomic mass is 35.5. The Hall–Kier alpha value is -1.98. The number of aromatic nitrogens is 5. The summed E-state index contributed by atoms with van der Waals surface area (Å²) < 4.78 is 0. The van der Waals surface area contributed by atoms with Crippen molar-refractivity contribution >= 4 is 23.2 Å². The van der Waals surface area contributed by atoms with Crippen LogP contribution in [0.4, 0.5) is 0 Å². The van der Waals surface area contributed by atoms with E-state index < -0.39 is 0 Å².